The van der Waals surface area contributed by atoms with Crippen LogP contribution in [0.3, 0.4) is 0 Å². The normalized spacial score (nSPS) is 13.8. The van der Waals surface area contributed by atoms with Gasteiger partial charge in [-0.2, -0.15) is 4.83 Å². The molecular formula is C21H22N4O3S. The van der Waals surface area contributed by atoms with Crippen LogP contribution in [0.2, 0.25) is 0 Å². The molecule has 1 aromatic carbocycles. The van der Waals surface area contributed by atoms with Gasteiger partial charge in [0, 0.05) is 23.3 Å². The van der Waals surface area contributed by atoms with Crippen molar-refractivity contribution in [1.82, 2.24) is 14.8 Å². The van der Waals surface area contributed by atoms with Gasteiger partial charge in [0.25, 0.3) is 0 Å². The largest absolute Gasteiger partial charge is 0.478 e. The van der Waals surface area contributed by atoms with Crippen LogP contribution in [0.1, 0.15) is 35.3 Å². The maximum absolute atomic E-state index is 12.4. The number of aromatic carboxylic acids is 1. The van der Waals surface area contributed by atoms with Crippen LogP contribution >= 0.6 is 11.9 Å². The third kappa shape index (κ3) is 5.69. The molecule has 2 aromatic rings. The van der Waals surface area contributed by atoms with E-state index in [1.807, 2.05) is 29.4 Å². The van der Waals surface area contributed by atoms with Crippen LogP contribution in [-0.4, -0.2) is 33.0 Å². The number of aromatic nitrogens is 1. The first-order valence-corrected chi connectivity index (χ1v) is 9.91. The van der Waals surface area contributed by atoms with Gasteiger partial charge in [0.2, 0.25) is 5.91 Å². The highest BCUT2D eigenvalue weighted by Gasteiger charge is 2.14. The second-order valence-corrected chi connectivity index (χ2v) is 7.61. The fraction of sp³-hybridized carbons (Fsp3) is 0.190. The van der Waals surface area contributed by atoms with Gasteiger partial charge in [0.1, 0.15) is 0 Å². The fourth-order valence-electron chi connectivity index (χ4n) is 2.68. The first-order valence-electron chi connectivity index (χ1n) is 9.09. The number of amides is 1. The Morgan fingerprint density at radius 3 is 2.79 bits per heavy atom. The number of hydrazine groups is 1. The van der Waals surface area contributed by atoms with Crippen LogP contribution in [0.25, 0.3) is 6.08 Å². The Morgan fingerprint density at radius 2 is 2.07 bits per heavy atom. The average molecular weight is 410 g/mol. The summed E-state index contributed by atoms with van der Waals surface area (Å²) >= 11 is 1.53. The predicted octanol–water partition coefficient (Wildman–Crippen LogP) is 3.69. The maximum Gasteiger partial charge on any atom is 0.335 e. The molecule has 2 heterocycles. The number of hydrogen-bond acceptors (Lipinski definition) is 6. The highest BCUT2D eigenvalue weighted by atomic mass is 32.2. The molecule has 3 rings (SSSR count). The summed E-state index contributed by atoms with van der Waals surface area (Å²) in [4.78, 5) is 32.1. The number of allylic oxidation sites excluding steroid dienone is 1. The number of benzene rings is 1. The molecule has 0 fully saturated rings. The van der Waals surface area contributed by atoms with Crippen molar-refractivity contribution in [2.45, 2.75) is 26.3 Å². The molecule has 0 unspecified atom stereocenters. The van der Waals surface area contributed by atoms with Gasteiger partial charge in [-0.1, -0.05) is 24.3 Å². The van der Waals surface area contributed by atoms with Crippen molar-refractivity contribution in [3.05, 3.63) is 76.6 Å². The molecule has 3 N–H and O–H groups in total. The van der Waals surface area contributed by atoms with Crippen LogP contribution in [0.15, 0.2) is 59.9 Å². The lowest BCUT2D eigenvalue weighted by Gasteiger charge is -2.18. The summed E-state index contributed by atoms with van der Waals surface area (Å²) in [6, 6.07) is 8.66. The number of anilines is 1. The zero-order valence-corrected chi connectivity index (χ0v) is 16.9. The number of carboxylic acid groups (broad SMARTS) is 1. The zero-order chi connectivity index (χ0) is 20.8. The van der Waals surface area contributed by atoms with Crippen LogP contribution < -0.4 is 10.1 Å². The highest BCUT2D eigenvalue weighted by molar-refractivity contribution is 8.01. The van der Waals surface area contributed by atoms with Crippen LogP contribution in [-0.2, 0) is 11.2 Å². The Hall–Kier alpha value is -3.10. The van der Waals surface area contributed by atoms with E-state index in [9.17, 15) is 14.7 Å². The molecule has 8 heteroatoms. The second-order valence-electron chi connectivity index (χ2n) is 6.75. The average Bonchev–Trinajstić information content (AvgIpc) is 3.16. The number of carboxylic acids is 1. The standard InChI is InChI=1S/C21H22N4O3S/c1-14(2)25-13-18(29-24-25)8-7-15-9-17(12-22-11-15)23-20(26)10-16-5-3-4-6-19(16)21(27)28/h3-9,11-14,24H,10H2,1-2H3,(H,23,26)(H,27,28). The SMILES string of the molecule is CC(C)N1C=C(C=Cc2cncc(NC(=O)Cc3ccccc3C(=O)O)c2)SN1. The topological polar surface area (TPSA) is 94.6 Å². The summed E-state index contributed by atoms with van der Waals surface area (Å²) in [6.45, 7) is 4.20. The smallest absolute Gasteiger partial charge is 0.335 e. The molecule has 1 aromatic heterocycles. The van der Waals surface area contributed by atoms with Crippen molar-refractivity contribution in [1.29, 1.82) is 0 Å². The number of nitrogens with zero attached hydrogens (tertiary/aromatic N) is 2. The van der Waals surface area contributed by atoms with Gasteiger partial charge >= 0.3 is 5.97 Å². The number of carbonyl (C=O) groups is 2. The van der Waals surface area contributed by atoms with Crippen molar-refractivity contribution in [3.8, 4) is 0 Å². The Balaban J connectivity index is 1.64. The molecule has 0 spiro atoms. The van der Waals surface area contributed by atoms with E-state index in [-0.39, 0.29) is 17.9 Å². The van der Waals surface area contributed by atoms with Crippen LogP contribution in [0.5, 0.6) is 0 Å². The van der Waals surface area contributed by atoms with Gasteiger partial charge in [-0.15, -0.1) is 0 Å². The number of hydrogen-bond donors (Lipinski definition) is 3. The molecule has 1 aliphatic heterocycles. The molecule has 7 nitrogen and oxygen atoms in total. The zero-order valence-electron chi connectivity index (χ0n) is 16.1. The van der Waals surface area contributed by atoms with E-state index in [0.29, 0.717) is 17.3 Å². The maximum atomic E-state index is 12.4. The van der Waals surface area contributed by atoms with Crippen molar-refractivity contribution in [3.63, 3.8) is 0 Å². The highest BCUT2D eigenvalue weighted by Crippen LogP contribution is 2.24. The fourth-order valence-corrected chi connectivity index (χ4v) is 3.46. The Labute approximate surface area is 173 Å². The van der Waals surface area contributed by atoms with E-state index in [1.54, 1.807) is 30.6 Å². The van der Waals surface area contributed by atoms with Crippen molar-refractivity contribution < 1.29 is 14.7 Å². The van der Waals surface area contributed by atoms with E-state index in [0.717, 1.165) is 10.5 Å². The summed E-state index contributed by atoms with van der Waals surface area (Å²) in [5, 5.41) is 14.0. The lowest BCUT2D eigenvalue weighted by molar-refractivity contribution is -0.115. The molecule has 150 valence electrons. The Kier molecular flexibility index (Phi) is 6.69. The number of carbonyl (C=O) groups excluding carboxylic acids is 1. The van der Waals surface area contributed by atoms with Crippen molar-refractivity contribution >= 4 is 35.6 Å². The van der Waals surface area contributed by atoms with Gasteiger partial charge < -0.3 is 15.4 Å². The molecule has 0 saturated heterocycles. The van der Waals surface area contributed by atoms with E-state index in [1.165, 1.54) is 18.0 Å². The van der Waals surface area contributed by atoms with E-state index < -0.39 is 5.97 Å². The van der Waals surface area contributed by atoms with Gasteiger partial charge in [0.05, 0.1) is 23.9 Å². The third-order valence-electron chi connectivity index (χ3n) is 4.17. The lowest BCUT2D eigenvalue weighted by Crippen LogP contribution is -2.30. The minimum atomic E-state index is -1.05. The summed E-state index contributed by atoms with van der Waals surface area (Å²) < 4.78 is 0. The molecule has 0 radical (unpaired) electrons. The van der Waals surface area contributed by atoms with E-state index >= 15 is 0 Å². The molecule has 0 saturated carbocycles. The van der Waals surface area contributed by atoms with Gasteiger partial charge in [-0.3, -0.25) is 9.78 Å². The lowest BCUT2D eigenvalue weighted by atomic mass is 10.0. The quantitative estimate of drug-likeness (QED) is 0.599. The number of nitrogens with one attached hydrogen (secondary N) is 2. The first-order chi connectivity index (χ1) is 13.9. The number of pyridine rings is 1. The van der Waals surface area contributed by atoms with Gasteiger partial charge in [-0.05, 0) is 55.1 Å². The molecule has 0 bridgehead atoms. The molecular weight excluding hydrogens is 388 g/mol. The molecule has 1 aliphatic rings. The summed E-state index contributed by atoms with van der Waals surface area (Å²) in [6.07, 6.45) is 9.18. The van der Waals surface area contributed by atoms with Gasteiger partial charge in [0.15, 0.2) is 0 Å². The second kappa shape index (κ2) is 9.40. The van der Waals surface area contributed by atoms with Crippen LogP contribution in [0.4, 0.5) is 5.69 Å². The number of rotatable bonds is 7. The Morgan fingerprint density at radius 1 is 1.28 bits per heavy atom. The minimum Gasteiger partial charge on any atom is -0.478 e. The minimum absolute atomic E-state index is 0.0250. The van der Waals surface area contributed by atoms with Gasteiger partial charge in [-0.25, -0.2) is 4.79 Å². The third-order valence-corrected chi connectivity index (χ3v) is 4.95. The summed E-state index contributed by atoms with van der Waals surface area (Å²) in [5.41, 5.74) is 2.00. The molecule has 1 amide bonds. The molecule has 0 atom stereocenters. The van der Waals surface area contributed by atoms with Crippen LogP contribution in [0, 0.1) is 0 Å². The van der Waals surface area contributed by atoms with Crippen molar-refractivity contribution in [2.75, 3.05) is 5.32 Å². The summed E-state index contributed by atoms with van der Waals surface area (Å²) in [5.74, 6) is -1.35. The Bertz CT molecular complexity index is 972. The molecule has 0 aliphatic carbocycles. The monoisotopic (exact) mass is 410 g/mol. The van der Waals surface area contributed by atoms with E-state index in [2.05, 4.69) is 29.0 Å². The van der Waals surface area contributed by atoms with E-state index in [4.69, 9.17) is 0 Å². The predicted molar refractivity (Wildman–Crippen MR) is 115 cm³/mol. The first kappa shape index (κ1) is 20.6. The van der Waals surface area contributed by atoms with Crippen molar-refractivity contribution in [2.24, 2.45) is 0 Å². The summed E-state index contributed by atoms with van der Waals surface area (Å²) in [7, 11) is 0. The molecule has 29 heavy (non-hydrogen) atoms.